The summed E-state index contributed by atoms with van der Waals surface area (Å²) in [6.45, 7) is 4.12. The van der Waals surface area contributed by atoms with E-state index < -0.39 is 5.92 Å². The van der Waals surface area contributed by atoms with Gasteiger partial charge in [-0.3, -0.25) is 9.80 Å². The zero-order valence-corrected chi connectivity index (χ0v) is 17.3. The molecule has 0 saturated heterocycles. The quantitative estimate of drug-likeness (QED) is 0.798. The predicted octanol–water partition coefficient (Wildman–Crippen LogP) is 4.21. The van der Waals surface area contributed by atoms with Crippen LogP contribution < -0.4 is 5.73 Å². The van der Waals surface area contributed by atoms with E-state index in [-0.39, 0.29) is 11.2 Å². The van der Waals surface area contributed by atoms with Crippen molar-refractivity contribution in [1.82, 2.24) is 10.0 Å². The first-order valence-electron chi connectivity index (χ1n) is 8.65. The van der Waals surface area contributed by atoms with E-state index >= 15 is 0 Å². The Hall–Kier alpha value is -2.00. The minimum Gasteiger partial charge on any atom is -0.383 e. The van der Waals surface area contributed by atoms with Crippen LogP contribution in [0.1, 0.15) is 38.2 Å². The van der Waals surface area contributed by atoms with E-state index in [1.54, 1.807) is 28.2 Å². The fraction of sp³-hybridized carbons (Fsp3) is 0.400. The van der Waals surface area contributed by atoms with Gasteiger partial charge in [-0.25, -0.2) is 5.01 Å². The smallest absolute Gasteiger partial charge is 0.162 e. The van der Waals surface area contributed by atoms with E-state index in [1.165, 1.54) is 0 Å². The number of carbonyl (C=O) groups is 1. The third-order valence-corrected chi connectivity index (χ3v) is 5.59. The molecule has 0 amide bonds. The number of hydrogen-bond acceptors (Lipinski definition) is 5. The zero-order chi connectivity index (χ0) is 20.1. The number of hydrazine groups is 1. The molecule has 1 aromatic rings. The fourth-order valence-corrected chi connectivity index (χ4v) is 4.51. The molecule has 5 nitrogen and oxygen atoms in total. The molecule has 2 aliphatic rings. The number of carbonyl (C=O) groups excluding carboxylic acids is 1. The van der Waals surface area contributed by atoms with E-state index in [2.05, 4.69) is 19.9 Å². The largest absolute Gasteiger partial charge is 0.383 e. The summed E-state index contributed by atoms with van der Waals surface area (Å²) in [7, 11) is 3.68. The highest BCUT2D eigenvalue weighted by Gasteiger charge is 2.45. The summed E-state index contributed by atoms with van der Waals surface area (Å²) >= 11 is 12.5. The van der Waals surface area contributed by atoms with Gasteiger partial charge in [0.25, 0.3) is 0 Å². The van der Waals surface area contributed by atoms with Crippen molar-refractivity contribution in [2.24, 2.45) is 11.1 Å². The normalized spacial score (nSPS) is 22.2. The highest BCUT2D eigenvalue weighted by atomic mass is 35.5. The van der Waals surface area contributed by atoms with E-state index in [0.717, 1.165) is 5.70 Å². The topological polar surface area (TPSA) is 73.4 Å². The number of nitriles is 1. The van der Waals surface area contributed by atoms with Crippen LogP contribution in [0.5, 0.6) is 0 Å². The third-order valence-electron chi connectivity index (χ3n) is 5.03. The number of hydrogen-bond donors (Lipinski definition) is 1. The molecular weight excluding hydrogens is 383 g/mol. The third kappa shape index (κ3) is 3.34. The van der Waals surface area contributed by atoms with Crippen molar-refractivity contribution >= 4 is 29.0 Å². The second-order valence-corrected chi connectivity index (χ2v) is 8.81. The van der Waals surface area contributed by atoms with Crippen LogP contribution in [0.15, 0.2) is 40.9 Å². The van der Waals surface area contributed by atoms with Crippen LogP contribution in [0.4, 0.5) is 0 Å². The highest BCUT2D eigenvalue weighted by molar-refractivity contribution is 6.35. The van der Waals surface area contributed by atoms with Gasteiger partial charge in [-0.1, -0.05) is 43.1 Å². The number of ketones is 1. The molecule has 1 aliphatic heterocycles. The molecule has 2 N–H and O–H groups in total. The summed E-state index contributed by atoms with van der Waals surface area (Å²) in [5.74, 6) is -0.248. The first kappa shape index (κ1) is 19.8. The van der Waals surface area contributed by atoms with Gasteiger partial charge >= 0.3 is 0 Å². The van der Waals surface area contributed by atoms with Crippen LogP contribution in [-0.2, 0) is 4.79 Å². The Bertz CT molecular complexity index is 924. The van der Waals surface area contributed by atoms with E-state index in [1.807, 2.05) is 14.1 Å². The van der Waals surface area contributed by atoms with Gasteiger partial charge in [0.2, 0.25) is 0 Å². The van der Waals surface area contributed by atoms with Gasteiger partial charge < -0.3 is 5.73 Å². The minimum atomic E-state index is -0.588. The maximum absolute atomic E-state index is 13.2. The van der Waals surface area contributed by atoms with Crippen LogP contribution in [0.3, 0.4) is 0 Å². The monoisotopic (exact) mass is 404 g/mol. The molecule has 3 rings (SSSR count). The first-order valence-corrected chi connectivity index (χ1v) is 9.41. The van der Waals surface area contributed by atoms with Crippen molar-refractivity contribution in [3.63, 3.8) is 0 Å². The SMILES string of the molecule is CN(C)N1C(N)=C(C#N)[C@H](c2ccc(Cl)cc2Cl)C2=C1CC(C)(C)CC2=O. The second kappa shape index (κ2) is 6.87. The van der Waals surface area contributed by atoms with Gasteiger partial charge in [-0.2, -0.15) is 5.26 Å². The van der Waals surface area contributed by atoms with Crippen LogP contribution in [0.2, 0.25) is 10.0 Å². The van der Waals surface area contributed by atoms with Crippen LogP contribution in [0.25, 0.3) is 0 Å². The summed E-state index contributed by atoms with van der Waals surface area (Å²) in [6, 6.07) is 7.31. The number of nitrogens with zero attached hydrogens (tertiary/aromatic N) is 3. The maximum Gasteiger partial charge on any atom is 0.162 e. The number of rotatable bonds is 2. The Labute approximate surface area is 169 Å². The van der Waals surface area contributed by atoms with Crippen molar-refractivity contribution in [2.75, 3.05) is 14.1 Å². The average molecular weight is 405 g/mol. The van der Waals surface area contributed by atoms with Gasteiger partial charge in [0.05, 0.1) is 17.6 Å². The van der Waals surface area contributed by atoms with E-state index in [0.29, 0.717) is 45.4 Å². The molecule has 1 aliphatic carbocycles. The molecule has 142 valence electrons. The lowest BCUT2D eigenvalue weighted by Crippen LogP contribution is -2.47. The molecule has 1 atom stereocenters. The Morgan fingerprint density at radius 1 is 1.30 bits per heavy atom. The van der Waals surface area contributed by atoms with Gasteiger partial charge in [0.1, 0.15) is 5.82 Å². The molecule has 0 fully saturated rings. The van der Waals surface area contributed by atoms with Crippen LogP contribution in [-0.4, -0.2) is 29.9 Å². The fourth-order valence-electron chi connectivity index (χ4n) is 4.00. The summed E-state index contributed by atoms with van der Waals surface area (Å²) in [5, 5.41) is 14.4. The molecule has 27 heavy (non-hydrogen) atoms. The number of benzene rings is 1. The Morgan fingerprint density at radius 3 is 2.52 bits per heavy atom. The highest BCUT2D eigenvalue weighted by Crippen LogP contribution is 2.50. The lowest BCUT2D eigenvalue weighted by atomic mass is 9.69. The van der Waals surface area contributed by atoms with Gasteiger partial charge in [0.15, 0.2) is 5.78 Å². The van der Waals surface area contributed by atoms with Gasteiger partial charge in [0, 0.05) is 41.8 Å². The van der Waals surface area contributed by atoms with Crippen LogP contribution >= 0.6 is 23.2 Å². The van der Waals surface area contributed by atoms with E-state index in [4.69, 9.17) is 28.9 Å². The standard InChI is InChI=1S/C20H22Cl2N4O/c1-20(2)8-15-18(16(27)9-20)17(12-6-5-11(21)7-14(12)22)13(10-23)19(24)26(15)25(3)4/h5-7,17H,8-9,24H2,1-4H3/t17-/m0/s1. The summed E-state index contributed by atoms with van der Waals surface area (Å²) in [4.78, 5) is 13.2. The number of allylic oxidation sites excluding steroid dienone is 3. The molecular formula is C20H22Cl2N4O. The number of nitrogens with two attached hydrogens (primary N) is 1. The molecule has 0 unspecified atom stereocenters. The lowest BCUT2D eigenvalue weighted by molar-refractivity contribution is -0.119. The average Bonchev–Trinajstić information content (AvgIpc) is 2.52. The van der Waals surface area contributed by atoms with Crippen molar-refractivity contribution < 1.29 is 4.79 Å². The molecule has 0 radical (unpaired) electrons. The number of halogens is 2. The molecule has 0 saturated carbocycles. The van der Waals surface area contributed by atoms with Crippen LogP contribution in [0, 0.1) is 16.7 Å². The second-order valence-electron chi connectivity index (χ2n) is 7.97. The van der Waals surface area contributed by atoms with Crippen molar-refractivity contribution in [3.05, 3.63) is 56.5 Å². The summed E-state index contributed by atoms with van der Waals surface area (Å²) in [6.07, 6.45) is 1.08. The van der Waals surface area contributed by atoms with Gasteiger partial charge in [-0.05, 0) is 29.5 Å². The Kier molecular flexibility index (Phi) is 5.02. The Morgan fingerprint density at radius 2 is 1.96 bits per heavy atom. The zero-order valence-electron chi connectivity index (χ0n) is 15.8. The molecule has 7 heteroatoms. The number of Topliss-reactive ketones (excluding diaryl/α,β-unsaturated/α-hetero) is 1. The lowest BCUT2D eigenvalue weighted by Gasteiger charge is -2.45. The van der Waals surface area contributed by atoms with E-state index in [9.17, 15) is 10.1 Å². The molecule has 0 bridgehead atoms. The van der Waals surface area contributed by atoms with Crippen molar-refractivity contribution in [2.45, 2.75) is 32.6 Å². The summed E-state index contributed by atoms with van der Waals surface area (Å²) in [5.41, 5.74) is 8.63. The Balaban J connectivity index is 2.32. The predicted molar refractivity (Wildman–Crippen MR) is 107 cm³/mol. The van der Waals surface area contributed by atoms with Crippen molar-refractivity contribution in [1.29, 1.82) is 5.26 Å². The maximum atomic E-state index is 13.2. The molecule has 1 aromatic carbocycles. The molecule has 1 heterocycles. The van der Waals surface area contributed by atoms with Gasteiger partial charge in [-0.15, -0.1) is 0 Å². The summed E-state index contributed by atoms with van der Waals surface area (Å²) < 4.78 is 0. The molecule has 0 spiro atoms. The first-order chi connectivity index (χ1) is 12.6. The molecule has 0 aromatic heterocycles. The minimum absolute atomic E-state index is 0.0179. The van der Waals surface area contributed by atoms with Crippen molar-refractivity contribution in [3.8, 4) is 6.07 Å².